The van der Waals surface area contributed by atoms with Crippen molar-refractivity contribution in [1.29, 1.82) is 0 Å². The first-order chi connectivity index (χ1) is 11.1. The molecule has 23 heavy (non-hydrogen) atoms. The Hall–Kier alpha value is -1.88. The summed E-state index contributed by atoms with van der Waals surface area (Å²) >= 11 is 0. The van der Waals surface area contributed by atoms with Gasteiger partial charge in [0.2, 0.25) is 5.91 Å². The summed E-state index contributed by atoms with van der Waals surface area (Å²) in [6.07, 6.45) is 2.83. The number of para-hydroxylation sites is 2. The molecule has 5 heteroatoms. The third kappa shape index (κ3) is 3.11. The van der Waals surface area contributed by atoms with Gasteiger partial charge in [-0.1, -0.05) is 19.1 Å². The number of benzene rings is 1. The molecule has 1 aromatic heterocycles. The summed E-state index contributed by atoms with van der Waals surface area (Å²) in [5, 5.41) is 0. The standard InChI is InChI=1S/C18H25N3O2/c1-4-16-13(8-7-11-23-16)18(22)20(2)12-17-19-14-9-5-6-10-15(14)21(17)3/h5-6,9-10,13,16H,4,7-8,11-12H2,1-3H3. The Labute approximate surface area is 137 Å². The van der Waals surface area contributed by atoms with Crippen molar-refractivity contribution in [2.45, 2.75) is 38.8 Å². The number of ether oxygens (including phenoxy) is 1. The van der Waals surface area contributed by atoms with Crippen molar-refractivity contribution in [2.75, 3.05) is 13.7 Å². The summed E-state index contributed by atoms with van der Waals surface area (Å²) in [7, 11) is 3.87. The van der Waals surface area contributed by atoms with Crippen LogP contribution in [0.15, 0.2) is 24.3 Å². The van der Waals surface area contributed by atoms with Gasteiger partial charge in [-0.2, -0.15) is 0 Å². The van der Waals surface area contributed by atoms with E-state index in [-0.39, 0.29) is 17.9 Å². The Morgan fingerprint density at radius 1 is 1.43 bits per heavy atom. The van der Waals surface area contributed by atoms with Crippen LogP contribution in [0.1, 0.15) is 32.0 Å². The Morgan fingerprint density at radius 3 is 2.96 bits per heavy atom. The first kappa shape index (κ1) is 16.0. The van der Waals surface area contributed by atoms with Crippen LogP contribution in [0.5, 0.6) is 0 Å². The summed E-state index contributed by atoms with van der Waals surface area (Å²) in [5.74, 6) is 1.06. The Balaban J connectivity index is 1.75. The highest BCUT2D eigenvalue weighted by molar-refractivity contribution is 5.79. The number of rotatable bonds is 4. The van der Waals surface area contributed by atoms with E-state index < -0.39 is 0 Å². The van der Waals surface area contributed by atoms with Gasteiger partial charge in [-0.3, -0.25) is 4.79 Å². The lowest BCUT2D eigenvalue weighted by Gasteiger charge is -2.32. The zero-order valence-corrected chi connectivity index (χ0v) is 14.2. The molecule has 1 aliphatic rings. The summed E-state index contributed by atoms with van der Waals surface area (Å²) in [6, 6.07) is 8.05. The molecule has 0 aliphatic carbocycles. The molecule has 1 amide bonds. The van der Waals surface area contributed by atoms with Crippen LogP contribution in [-0.4, -0.2) is 40.1 Å². The average molecular weight is 315 g/mol. The van der Waals surface area contributed by atoms with Crippen molar-refractivity contribution in [1.82, 2.24) is 14.5 Å². The summed E-state index contributed by atoms with van der Waals surface area (Å²) < 4.78 is 7.83. The third-order valence-electron chi connectivity index (χ3n) is 4.79. The van der Waals surface area contributed by atoms with Gasteiger partial charge in [-0.25, -0.2) is 4.98 Å². The summed E-state index contributed by atoms with van der Waals surface area (Å²) in [4.78, 5) is 19.3. The number of amides is 1. The molecule has 2 atom stereocenters. The topological polar surface area (TPSA) is 47.4 Å². The van der Waals surface area contributed by atoms with E-state index >= 15 is 0 Å². The number of hydrogen-bond acceptors (Lipinski definition) is 3. The fraction of sp³-hybridized carbons (Fsp3) is 0.556. The number of imidazole rings is 1. The second-order valence-electron chi connectivity index (χ2n) is 6.34. The summed E-state index contributed by atoms with van der Waals surface area (Å²) in [6.45, 7) is 3.38. The molecule has 1 aromatic carbocycles. The zero-order valence-electron chi connectivity index (χ0n) is 14.2. The van der Waals surface area contributed by atoms with Crippen LogP contribution in [0.25, 0.3) is 11.0 Å². The molecule has 0 saturated carbocycles. The van der Waals surface area contributed by atoms with Crippen LogP contribution in [0.4, 0.5) is 0 Å². The monoisotopic (exact) mass is 315 g/mol. The van der Waals surface area contributed by atoms with Crippen molar-refractivity contribution in [2.24, 2.45) is 13.0 Å². The molecule has 0 bridgehead atoms. The second kappa shape index (κ2) is 6.71. The molecule has 2 heterocycles. The van der Waals surface area contributed by atoms with E-state index in [1.807, 2.05) is 32.3 Å². The van der Waals surface area contributed by atoms with E-state index in [2.05, 4.69) is 22.5 Å². The maximum absolute atomic E-state index is 12.8. The molecule has 0 N–H and O–H groups in total. The van der Waals surface area contributed by atoms with E-state index in [0.717, 1.165) is 42.7 Å². The SMILES string of the molecule is CCC1OCCCC1C(=O)N(C)Cc1nc2ccccc2n1C. The van der Waals surface area contributed by atoms with Crippen LogP contribution < -0.4 is 0 Å². The highest BCUT2D eigenvalue weighted by atomic mass is 16.5. The van der Waals surface area contributed by atoms with Crippen LogP contribution in [0.3, 0.4) is 0 Å². The molecule has 1 fully saturated rings. The van der Waals surface area contributed by atoms with Crippen molar-refractivity contribution < 1.29 is 9.53 Å². The van der Waals surface area contributed by atoms with Gasteiger partial charge in [-0.15, -0.1) is 0 Å². The minimum absolute atomic E-state index is 0.0200. The van der Waals surface area contributed by atoms with Crippen LogP contribution in [-0.2, 0) is 23.1 Å². The molecular weight excluding hydrogens is 290 g/mol. The fourth-order valence-corrected chi connectivity index (χ4v) is 3.43. The van der Waals surface area contributed by atoms with Gasteiger partial charge in [0.05, 0.1) is 29.6 Å². The smallest absolute Gasteiger partial charge is 0.228 e. The van der Waals surface area contributed by atoms with Gasteiger partial charge < -0.3 is 14.2 Å². The molecule has 5 nitrogen and oxygen atoms in total. The van der Waals surface area contributed by atoms with Crippen LogP contribution in [0, 0.1) is 5.92 Å². The first-order valence-corrected chi connectivity index (χ1v) is 8.38. The maximum atomic E-state index is 12.8. The van der Waals surface area contributed by atoms with E-state index in [9.17, 15) is 4.79 Å². The molecule has 2 aromatic rings. The van der Waals surface area contributed by atoms with E-state index in [1.165, 1.54) is 0 Å². The number of carbonyl (C=O) groups excluding carboxylic acids is 1. The highest BCUT2D eigenvalue weighted by Crippen LogP contribution is 2.25. The minimum Gasteiger partial charge on any atom is -0.377 e. The average Bonchev–Trinajstić information content (AvgIpc) is 2.90. The third-order valence-corrected chi connectivity index (χ3v) is 4.79. The van der Waals surface area contributed by atoms with Gasteiger partial charge in [0.1, 0.15) is 5.82 Å². The molecule has 2 unspecified atom stereocenters. The lowest BCUT2D eigenvalue weighted by Crippen LogP contribution is -2.42. The lowest BCUT2D eigenvalue weighted by molar-refractivity contribution is -0.144. The van der Waals surface area contributed by atoms with E-state index in [0.29, 0.717) is 6.54 Å². The van der Waals surface area contributed by atoms with Crippen molar-refractivity contribution >= 4 is 16.9 Å². The second-order valence-corrected chi connectivity index (χ2v) is 6.34. The van der Waals surface area contributed by atoms with Gasteiger partial charge in [-0.05, 0) is 31.4 Å². The Morgan fingerprint density at radius 2 is 2.22 bits per heavy atom. The molecule has 1 aliphatic heterocycles. The molecule has 0 radical (unpaired) electrons. The largest absolute Gasteiger partial charge is 0.377 e. The number of hydrogen-bond donors (Lipinski definition) is 0. The Kier molecular flexibility index (Phi) is 4.66. The molecule has 3 rings (SSSR count). The molecule has 124 valence electrons. The van der Waals surface area contributed by atoms with Gasteiger partial charge in [0.25, 0.3) is 0 Å². The van der Waals surface area contributed by atoms with Crippen molar-refractivity contribution in [3.8, 4) is 0 Å². The number of aryl methyl sites for hydroxylation is 1. The van der Waals surface area contributed by atoms with Crippen LogP contribution in [0.2, 0.25) is 0 Å². The quantitative estimate of drug-likeness (QED) is 0.871. The van der Waals surface area contributed by atoms with Gasteiger partial charge >= 0.3 is 0 Å². The Bertz CT molecular complexity index is 695. The number of nitrogens with zero attached hydrogens (tertiary/aromatic N) is 3. The normalized spacial score (nSPS) is 21.5. The zero-order chi connectivity index (χ0) is 16.4. The number of fused-ring (bicyclic) bond motifs is 1. The molecule has 0 spiro atoms. The van der Waals surface area contributed by atoms with Crippen LogP contribution >= 0.6 is 0 Å². The lowest BCUT2D eigenvalue weighted by atomic mass is 9.91. The van der Waals surface area contributed by atoms with Crippen molar-refractivity contribution in [3.05, 3.63) is 30.1 Å². The molecule has 1 saturated heterocycles. The fourth-order valence-electron chi connectivity index (χ4n) is 3.43. The van der Waals surface area contributed by atoms with Crippen molar-refractivity contribution in [3.63, 3.8) is 0 Å². The van der Waals surface area contributed by atoms with Gasteiger partial charge in [0.15, 0.2) is 0 Å². The minimum atomic E-state index is -0.0200. The number of carbonyl (C=O) groups is 1. The van der Waals surface area contributed by atoms with E-state index in [4.69, 9.17) is 4.74 Å². The predicted molar refractivity (Wildman–Crippen MR) is 89.9 cm³/mol. The highest BCUT2D eigenvalue weighted by Gasteiger charge is 2.32. The van der Waals surface area contributed by atoms with Gasteiger partial charge in [0, 0.05) is 20.7 Å². The molecular formula is C18H25N3O2. The number of aromatic nitrogens is 2. The first-order valence-electron chi connectivity index (χ1n) is 8.38. The summed E-state index contributed by atoms with van der Waals surface area (Å²) in [5.41, 5.74) is 2.06. The predicted octanol–water partition coefficient (Wildman–Crippen LogP) is 2.74. The maximum Gasteiger partial charge on any atom is 0.228 e. The van der Waals surface area contributed by atoms with E-state index in [1.54, 1.807) is 4.90 Å².